The number of benzene rings is 2. The lowest BCUT2D eigenvalue weighted by molar-refractivity contribution is 0.358. The van der Waals surface area contributed by atoms with Gasteiger partial charge in [-0.15, -0.1) is 0 Å². The third-order valence-corrected chi connectivity index (χ3v) is 3.10. The molecule has 2 nitrogen and oxygen atoms in total. The molecule has 0 bridgehead atoms. The van der Waals surface area contributed by atoms with Crippen molar-refractivity contribution in [3.8, 4) is 22.6 Å². The first kappa shape index (κ1) is 10.2. The Balaban J connectivity index is 2.12. The van der Waals surface area contributed by atoms with Gasteiger partial charge in [0.25, 0.3) is 0 Å². The third-order valence-electron chi connectivity index (χ3n) is 3.10. The van der Waals surface area contributed by atoms with Gasteiger partial charge in [0.1, 0.15) is 11.5 Å². The topological polar surface area (TPSA) is 18.5 Å². The Morgan fingerprint density at radius 2 is 2.00 bits per heavy atom. The van der Waals surface area contributed by atoms with E-state index in [2.05, 4.69) is 24.3 Å². The highest BCUT2D eigenvalue weighted by atomic mass is 16.5. The number of ether oxygens (including phenoxy) is 2. The number of para-hydroxylation sites is 1. The van der Waals surface area contributed by atoms with Crippen LogP contribution in [0.25, 0.3) is 11.1 Å². The molecule has 0 saturated heterocycles. The lowest BCUT2D eigenvalue weighted by Crippen LogP contribution is -1.89. The summed E-state index contributed by atoms with van der Waals surface area (Å²) < 4.78 is 11.0. The summed E-state index contributed by atoms with van der Waals surface area (Å²) in [5.74, 6) is 1.90. The van der Waals surface area contributed by atoms with Gasteiger partial charge in [-0.2, -0.15) is 0 Å². The van der Waals surface area contributed by atoms with Gasteiger partial charge in [-0.05, 0) is 23.3 Å². The molecule has 3 rings (SSSR count). The summed E-state index contributed by atoms with van der Waals surface area (Å²) >= 11 is 0. The van der Waals surface area contributed by atoms with Crippen LogP contribution in [0.2, 0.25) is 0 Å². The van der Waals surface area contributed by atoms with Gasteiger partial charge in [0.15, 0.2) is 0 Å². The Labute approximate surface area is 101 Å². The van der Waals surface area contributed by atoms with E-state index in [9.17, 15) is 0 Å². The highest BCUT2D eigenvalue weighted by Gasteiger charge is 2.16. The minimum atomic E-state index is 0.788. The van der Waals surface area contributed by atoms with Gasteiger partial charge in [-0.3, -0.25) is 0 Å². The van der Waals surface area contributed by atoms with Crippen LogP contribution in [-0.2, 0) is 6.42 Å². The van der Waals surface area contributed by atoms with Crippen LogP contribution in [0, 0.1) is 0 Å². The summed E-state index contributed by atoms with van der Waals surface area (Å²) in [5.41, 5.74) is 3.59. The van der Waals surface area contributed by atoms with Crippen molar-refractivity contribution in [3.63, 3.8) is 0 Å². The van der Waals surface area contributed by atoms with Crippen molar-refractivity contribution >= 4 is 0 Å². The van der Waals surface area contributed by atoms with Crippen molar-refractivity contribution in [1.29, 1.82) is 0 Å². The fourth-order valence-electron chi connectivity index (χ4n) is 2.23. The highest BCUT2D eigenvalue weighted by molar-refractivity contribution is 5.73. The molecule has 0 N–H and O–H groups in total. The van der Waals surface area contributed by atoms with Gasteiger partial charge < -0.3 is 9.47 Å². The van der Waals surface area contributed by atoms with Crippen LogP contribution in [0.4, 0.5) is 0 Å². The van der Waals surface area contributed by atoms with Crippen LogP contribution in [0.5, 0.6) is 11.5 Å². The molecule has 0 radical (unpaired) electrons. The zero-order valence-electron chi connectivity index (χ0n) is 9.77. The normalized spacial score (nSPS) is 13.0. The summed E-state index contributed by atoms with van der Waals surface area (Å²) in [6.45, 7) is 0.788. The van der Waals surface area contributed by atoms with Crippen molar-refractivity contribution in [2.24, 2.45) is 0 Å². The largest absolute Gasteiger partial charge is 0.497 e. The molecule has 0 saturated carbocycles. The molecule has 86 valence electrons. The van der Waals surface area contributed by atoms with E-state index in [-0.39, 0.29) is 0 Å². The molecule has 0 unspecified atom stereocenters. The first-order chi connectivity index (χ1) is 8.38. The lowest BCUT2D eigenvalue weighted by atomic mass is 10.0. The van der Waals surface area contributed by atoms with E-state index in [1.54, 1.807) is 7.11 Å². The molecule has 2 aromatic rings. The van der Waals surface area contributed by atoms with E-state index in [0.717, 1.165) is 35.7 Å². The minimum Gasteiger partial charge on any atom is -0.497 e. The molecule has 1 heterocycles. The quantitative estimate of drug-likeness (QED) is 0.782. The fourth-order valence-corrected chi connectivity index (χ4v) is 2.23. The van der Waals surface area contributed by atoms with Crippen LogP contribution in [0.15, 0.2) is 42.5 Å². The summed E-state index contributed by atoms with van der Waals surface area (Å²) in [6, 6.07) is 14.4. The monoisotopic (exact) mass is 226 g/mol. The Kier molecular flexibility index (Phi) is 2.48. The zero-order valence-corrected chi connectivity index (χ0v) is 9.77. The second kappa shape index (κ2) is 4.13. The highest BCUT2D eigenvalue weighted by Crippen LogP contribution is 2.37. The predicted octanol–water partition coefficient (Wildman–Crippen LogP) is 3.30. The third kappa shape index (κ3) is 1.76. The van der Waals surface area contributed by atoms with Gasteiger partial charge in [0.05, 0.1) is 13.7 Å². The molecule has 17 heavy (non-hydrogen) atoms. The molecule has 2 heteroatoms. The molecule has 2 aromatic carbocycles. The van der Waals surface area contributed by atoms with Crippen LogP contribution < -0.4 is 9.47 Å². The summed E-state index contributed by atoms with van der Waals surface area (Å²) in [5, 5.41) is 0. The number of fused-ring (bicyclic) bond motifs is 1. The van der Waals surface area contributed by atoms with E-state index in [1.807, 2.05) is 18.2 Å². The van der Waals surface area contributed by atoms with Crippen molar-refractivity contribution in [3.05, 3.63) is 48.0 Å². The van der Waals surface area contributed by atoms with E-state index >= 15 is 0 Å². The predicted molar refractivity (Wildman–Crippen MR) is 67.6 cm³/mol. The smallest absolute Gasteiger partial charge is 0.130 e. The fraction of sp³-hybridized carbons (Fsp3) is 0.200. The maximum Gasteiger partial charge on any atom is 0.130 e. The number of hydrogen-bond donors (Lipinski definition) is 0. The molecule has 0 fully saturated rings. The zero-order chi connectivity index (χ0) is 11.7. The van der Waals surface area contributed by atoms with Crippen LogP contribution in [0.3, 0.4) is 0 Å². The molecule has 0 atom stereocenters. The van der Waals surface area contributed by atoms with Crippen LogP contribution in [0.1, 0.15) is 5.56 Å². The summed E-state index contributed by atoms with van der Waals surface area (Å²) in [7, 11) is 1.69. The van der Waals surface area contributed by atoms with Crippen molar-refractivity contribution in [2.75, 3.05) is 13.7 Å². The molecule has 0 spiro atoms. The maximum atomic E-state index is 5.72. The molecule has 1 aliphatic heterocycles. The van der Waals surface area contributed by atoms with Crippen LogP contribution in [-0.4, -0.2) is 13.7 Å². The summed E-state index contributed by atoms with van der Waals surface area (Å²) in [6.07, 6.45) is 1.01. The van der Waals surface area contributed by atoms with E-state index < -0.39 is 0 Å². The van der Waals surface area contributed by atoms with Crippen molar-refractivity contribution in [1.82, 2.24) is 0 Å². The number of methoxy groups -OCH3 is 1. The Bertz CT molecular complexity index is 546. The standard InChI is InChI=1S/C15H14O2/c1-16-13-6-2-5-12(10-13)14-7-3-4-11-8-9-17-15(11)14/h2-7,10H,8-9H2,1H3. The molecular weight excluding hydrogens is 212 g/mol. The first-order valence-electron chi connectivity index (χ1n) is 5.77. The van der Waals surface area contributed by atoms with Gasteiger partial charge in [0.2, 0.25) is 0 Å². The summed E-state index contributed by atoms with van der Waals surface area (Å²) in [4.78, 5) is 0. The van der Waals surface area contributed by atoms with Gasteiger partial charge >= 0.3 is 0 Å². The average molecular weight is 226 g/mol. The van der Waals surface area contributed by atoms with Crippen molar-refractivity contribution < 1.29 is 9.47 Å². The number of rotatable bonds is 2. The van der Waals surface area contributed by atoms with Crippen LogP contribution >= 0.6 is 0 Å². The molecular formula is C15H14O2. The average Bonchev–Trinajstić information content (AvgIpc) is 2.87. The Morgan fingerprint density at radius 3 is 2.88 bits per heavy atom. The lowest BCUT2D eigenvalue weighted by Gasteiger charge is -2.09. The SMILES string of the molecule is COc1cccc(-c2cccc3c2OCC3)c1. The Hall–Kier alpha value is -1.96. The second-order valence-electron chi connectivity index (χ2n) is 4.12. The van der Waals surface area contributed by atoms with E-state index in [4.69, 9.17) is 9.47 Å². The molecule has 0 aromatic heterocycles. The second-order valence-corrected chi connectivity index (χ2v) is 4.12. The van der Waals surface area contributed by atoms with Gasteiger partial charge in [0, 0.05) is 12.0 Å². The number of hydrogen-bond acceptors (Lipinski definition) is 2. The minimum absolute atomic E-state index is 0.788. The molecule has 0 aliphatic carbocycles. The van der Waals surface area contributed by atoms with Crippen molar-refractivity contribution in [2.45, 2.75) is 6.42 Å². The van der Waals surface area contributed by atoms with E-state index in [0.29, 0.717) is 0 Å². The maximum absolute atomic E-state index is 5.72. The van der Waals surface area contributed by atoms with Gasteiger partial charge in [-0.1, -0.05) is 30.3 Å². The molecule has 0 amide bonds. The first-order valence-corrected chi connectivity index (χ1v) is 5.77. The molecule has 1 aliphatic rings. The van der Waals surface area contributed by atoms with Gasteiger partial charge in [-0.25, -0.2) is 0 Å². The van der Waals surface area contributed by atoms with E-state index in [1.165, 1.54) is 5.56 Å². The Morgan fingerprint density at radius 1 is 1.12 bits per heavy atom.